The minimum Gasteiger partial charge on any atom is -0.494 e. The molecule has 80 valence electrons. The lowest BCUT2D eigenvalue weighted by atomic mass is 10.2. The van der Waals surface area contributed by atoms with Gasteiger partial charge in [-0.1, -0.05) is 0 Å². The highest BCUT2D eigenvalue weighted by Gasteiger charge is 2.07. The van der Waals surface area contributed by atoms with E-state index in [1.165, 1.54) is 11.0 Å². The Morgan fingerprint density at radius 3 is 3.00 bits per heavy atom. The lowest BCUT2D eigenvalue weighted by Crippen LogP contribution is -2.00. The third-order valence-electron chi connectivity index (χ3n) is 1.98. The van der Waals surface area contributed by atoms with Crippen LogP contribution in [-0.2, 0) is 0 Å². The monoisotopic (exact) mass is 216 g/mol. The molecule has 0 unspecified atom stereocenters. The first-order valence-corrected chi connectivity index (χ1v) is 4.41. The molecular formula is C9H8N6O. The topological polar surface area (TPSA) is 88.6 Å². The molecule has 0 saturated heterocycles. The molecule has 0 saturated carbocycles. The zero-order chi connectivity index (χ0) is 11.4. The molecule has 7 heteroatoms. The normalized spacial score (nSPS) is 9.50. The van der Waals surface area contributed by atoms with Gasteiger partial charge in [-0.3, -0.25) is 5.32 Å². The van der Waals surface area contributed by atoms with E-state index in [2.05, 4.69) is 20.8 Å². The van der Waals surface area contributed by atoms with Crippen molar-refractivity contribution in [1.29, 1.82) is 5.26 Å². The summed E-state index contributed by atoms with van der Waals surface area (Å²) in [7, 11) is 1.54. The Morgan fingerprint density at radius 2 is 2.38 bits per heavy atom. The van der Waals surface area contributed by atoms with Crippen molar-refractivity contribution in [2.45, 2.75) is 0 Å². The number of nitrogens with zero attached hydrogens (tertiary/aromatic N) is 5. The molecule has 0 spiro atoms. The van der Waals surface area contributed by atoms with Gasteiger partial charge < -0.3 is 4.74 Å². The van der Waals surface area contributed by atoms with E-state index >= 15 is 0 Å². The Labute approximate surface area is 91.3 Å². The van der Waals surface area contributed by atoms with Crippen LogP contribution in [0.3, 0.4) is 0 Å². The summed E-state index contributed by atoms with van der Waals surface area (Å²) in [6.07, 6.45) is 3.30. The molecule has 2 rings (SSSR count). The van der Waals surface area contributed by atoms with Gasteiger partial charge in [0.1, 0.15) is 17.8 Å². The standard InChI is InChI=1S/C9H8N6O/c1-16-9-4-7(11-5-10)2-3-8(9)15-6-12-13-14-15/h2-4,6,11H,1H3. The maximum atomic E-state index is 8.50. The van der Waals surface area contributed by atoms with Crippen molar-refractivity contribution in [2.75, 3.05) is 12.4 Å². The summed E-state index contributed by atoms with van der Waals surface area (Å²) in [6, 6.07) is 5.19. The summed E-state index contributed by atoms with van der Waals surface area (Å²) in [5.41, 5.74) is 1.35. The van der Waals surface area contributed by atoms with Crippen molar-refractivity contribution in [2.24, 2.45) is 0 Å². The number of hydrogen-bond acceptors (Lipinski definition) is 6. The van der Waals surface area contributed by atoms with Gasteiger partial charge in [0.15, 0.2) is 6.19 Å². The van der Waals surface area contributed by atoms with Crippen molar-refractivity contribution >= 4 is 5.69 Å². The van der Waals surface area contributed by atoms with E-state index < -0.39 is 0 Å². The molecular weight excluding hydrogens is 208 g/mol. The van der Waals surface area contributed by atoms with Crippen LogP contribution < -0.4 is 10.1 Å². The van der Waals surface area contributed by atoms with Gasteiger partial charge in [0, 0.05) is 6.07 Å². The predicted octanol–water partition coefficient (Wildman–Crippen LogP) is 0.564. The van der Waals surface area contributed by atoms with E-state index in [4.69, 9.17) is 10.00 Å². The minimum absolute atomic E-state index is 0.576. The SMILES string of the molecule is COc1cc(NC#N)ccc1-n1cnnn1. The van der Waals surface area contributed by atoms with Gasteiger partial charge in [-0.25, -0.2) is 0 Å². The van der Waals surface area contributed by atoms with Gasteiger partial charge in [0.2, 0.25) is 0 Å². The number of anilines is 1. The molecule has 0 atom stereocenters. The molecule has 1 N–H and O–H groups in total. The van der Waals surface area contributed by atoms with Gasteiger partial charge in [0.25, 0.3) is 0 Å². The quantitative estimate of drug-likeness (QED) is 0.595. The van der Waals surface area contributed by atoms with Gasteiger partial charge in [-0.05, 0) is 22.6 Å². The third-order valence-corrected chi connectivity index (χ3v) is 1.98. The first kappa shape index (κ1) is 9.92. The van der Waals surface area contributed by atoms with E-state index in [0.717, 1.165) is 0 Å². The van der Waals surface area contributed by atoms with Crippen molar-refractivity contribution in [3.05, 3.63) is 24.5 Å². The molecule has 0 radical (unpaired) electrons. The maximum absolute atomic E-state index is 8.50. The van der Waals surface area contributed by atoms with E-state index in [1.807, 2.05) is 6.19 Å². The van der Waals surface area contributed by atoms with Crippen LogP contribution in [0.4, 0.5) is 5.69 Å². The zero-order valence-electron chi connectivity index (χ0n) is 8.45. The fourth-order valence-electron chi connectivity index (χ4n) is 1.28. The van der Waals surface area contributed by atoms with E-state index in [1.54, 1.807) is 25.3 Å². The Balaban J connectivity index is 2.44. The van der Waals surface area contributed by atoms with Crippen LogP contribution in [0.1, 0.15) is 0 Å². The predicted molar refractivity (Wildman–Crippen MR) is 54.9 cm³/mol. The molecule has 0 aliphatic heterocycles. The van der Waals surface area contributed by atoms with Crippen LogP contribution in [0.2, 0.25) is 0 Å². The largest absolute Gasteiger partial charge is 0.494 e. The number of tetrazole rings is 1. The minimum atomic E-state index is 0.576. The summed E-state index contributed by atoms with van der Waals surface area (Å²) >= 11 is 0. The molecule has 0 bridgehead atoms. The molecule has 0 aliphatic carbocycles. The van der Waals surface area contributed by atoms with Gasteiger partial charge in [-0.15, -0.1) is 5.10 Å². The van der Waals surface area contributed by atoms with Crippen LogP contribution >= 0.6 is 0 Å². The van der Waals surface area contributed by atoms with E-state index in [9.17, 15) is 0 Å². The number of nitrogens with one attached hydrogen (secondary N) is 1. The molecule has 0 aliphatic rings. The van der Waals surface area contributed by atoms with Crippen molar-refractivity contribution in [1.82, 2.24) is 20.2 Å². The Hall–Kier alpha value is -2.62. The Morgan fingerprint density at radius 1 is 1.50 bits per heavy atom. The number of nitriles is 1. The average molecular weight is 216 g/mol. The highest BCUT2D eigenvalue weighted by Crippen LogP contribution is 2.25. The van der Waals surface area contributed by atoms with Gasteiger partial charge in [-0.2, -0.15) is 9.94 Å². The van der Waals surface area contributed by atoms with Crippen molar-refractivity contribution in [3.63, 3.8) is 0 Å². The summed E-state index contributed by atoms with van der Waals surface area (Å²) in [4.78, 5) is 0. The van der Waals surface area contributed by atoms with Crippen LogP contribution in [0.25, 0.3) is 5.69 Å². The second-order valence-corrected chi connectivity index (χ2v) is 2.88. The Kier molecular flexibility index (Phi) is 2.65. The molecule has 0 fully saturated rings. The van der Waals surface area contributed by atoms with Crippen molar-refractivity contribution in [3.8, 4) is 17.6 Å². The number of rotatable bonds is 3. The molecule has 0 amide bonds. The first-order chi connectivity index (χ1) is 7.85. The fraction of sp³-hybridized carbons (Fsp3) is 0.111. The average Bonchev–Trinajstić information content (AvgIpc) is 2.83. The maximum Gasteiger partial charge on any atom is 0.181 e. The van der Waals surface area contributed by atoms with Crippen LogP contribution in [-0.4, -0.2) is 27.3 Å². The third kappa shape index (κ3) is 1.76. The highest BCUT2D eigenvalue weighted by atomic mass is 16.5. The zero-order valence-corrected chi connectivity index (χ0v) is 8.45. The summed E-state index contributed by atoms with van der Waals surface area (Å²) in [5.74, 6) is 0.576. The molecule has 1 heterocycles. The molecule has 2 aromatic rings. The lowest BCUT2D eigenvalue weighted by molar-refractivity contribution is 0.411. The number of methoxy groups -OCH3 is 1. The fourth-order valence-corrected chi connectivity index (χ4v) is 1.28. The second-order valence-electron chi connectivity index (χ2n) is 2.88. The highest BCUT2D eigenvalue weighted by molar-refractivity contribution is 5.58. The smallest absolute Gasteiger partial charge is 0.181 e. The van der Waals surface area contributed by atoms with Crippen LogP contribution in [0.15, 0.2) is 24.5 Å². The van der Waals surface area contributed by atoms with E-state index in [0.29, 0.717) is 17.1 Å². The Bertz CT molecular complexity index is 515. The number of hydrogen-bond donors (Lipinski definition) is 1. The lowest BCUT2D eigenvalue weighted by Gasteiger charge is -2.08. The molecule has 1 aromatic heterocycles. The summed E-state index contributed by atoms with van der Waals surface area (Å²) in [5, 5.41) is 21.9. The number of aromatic nitrogens is 4. The summed E-state index contributed by atoms with van der Waals surface area (Å²) in [6.45, 7) is 0. The summed E-state index contributed by atoms with van der Waals surface area (Å²) < 4.78 is 6.67. The first-order valence-electron chi connectivity index (χ1n) is 4.41. The van der Waals surface area contributed by atoms with E-state index in [-0.39, 0.29) is 0 Å². The molecule has 7 nitrogen and oxygen atoms in total. The molecule has 16 heavy (non-hydrogen) atoms. The second kappa shape index (κ2) is 4.27. The van der Waals surface area contributed by atoms with Gasteiger partial charge in [0.05, 0.1) is 12.8 Å². The van der Waals surface area contributed by atoms with Crippen LogP contribution in [0, 0.1) is 11.5 Å². The molecule has 1 aromatic carbocycles. The van der Waals surface area contributed by atoms with Crippen LogP contribution in [0.5, 0.6) is 5.75 Å². The van der Waals surface area contributed by atoms with Gasteiger partial charge >= 0.3 is 0 Å². The van der Waals surface area contributed by atoms with Crippen molar-refractivity contribution < 1.29 is 4.74 Å². The number of benzene rings is 1. The number of ether oxygens (including phenoxy) is 1.